The van der Waals surface area contributed by atoms with Crippen molar-refractivity contribution in [3.8, 4) is 5.75 Å². The zero-order valence-corrected chi connectivity index (χ0v) is 14.7. The number of aryl methyl sites for hydroxylation is 2. The average molecular weight is 323 g/mol. The van der Waals surface area contributed by atoms with Crippen molar-refractivity contribution in [2.75, 3.05) is 11.9 Å². The molecule has 3 heteroatoms. The Morgan fingerprint density at radius 1 is 1.17 bits per heavy atom. The second-order valence-corrected chi connectivity index (χ2v) is 6.60. The minimum Gasteiger partial charge on any atom is -0.493 e. The van der Waals surface area contributed by atoms with Crippen molar-refractivity contribution in [1.82, 2.24) is 0 Å². The molecule has 2 aromatic carbocycles. The highest BCUT2D eigenvalue weighted by Gasteiger charge is 2.32. The minimum absolute atomic E-state index is 0.0852. The maximum atomic E-state index is 12.5. The number of ether oxygens (including phenoxy) is 1. The number of anilines is 1. The number of benzene rings is 2. The van der Waals surface area contributed by atoms with E-state index in [1.807, 2.05) is 18.2 Å². The van der Waals surface area contributed by atoms with Gasteiger partial charge in [-0.3, -0.25) is 4.79 Å². The number of rotatable bonds is 6. The molecule has 1 amide bonds. The molecular weight excluding hydrogens is 298 g/mol. The number of carbonyl (C=O) groups is 1. The van der Waals surface area contributed by atoms with E-state index >= 15 is 0 Å². The normalized spacial score (nSPS) is 16.0. The molecule has 0 saturated heterocycles. The summed E-state index contributed by atoms with van der Waals surface area (Å²) >= 11 is 0. The highest BCUT2D eigenvalue weighted by atomic mass is 16.5. The number of hydrogen-bond acceptors (Lipinski definition) is 2. The molecule has 0 aromatic heterocycles. The van der Waals surface area contributed by atoms with Crippen LogP contribution in [0.25, 0.3) is 0 Å². The highest BCUT2D eigenvalue weighted by Crippen LogP contribution is 2.39. The number of hydrogen-bond donors (Lipinski definition) is 1. The first-order chi connectivity index (χ1) is 11.6. The van der Waals surface area contributed by atoms with E-state index in [0.29, 0.717) is 6.42 Å². The largest absolute Gasteiger partial charge is 0.493 e. The quantitative estimate of drug-likeness (QED) is 0.778. The van der Waals surface area contributed by atoms with E-state index in [2.05, 4.69) is 44.3 Å². The van der Waals surface area contributed by atoms with Gasteiger partial charge in [0.15, 0.2) is 0 Å². The molecule has 2 aromatic rings. The van der Waals surface area contributed by atoms with Crippen LogP contribution in [0.4, 0.5) is 5.69 Å². The van der Waals surface area contributed by atoms with Crippen molar-refractivity contribution in [2.24, 2.45) is 0 Å². The Bertz CT molecular complexity index is 751. The van der Waals surface area contributed by atoms with Gasteiger partial charge in [0, 0.05) is 5.69 Å². The van der Waals surface area contributed by atoms with E-state index < -0.39 is 0 Å². The van der Waals surface area contributed by atoms with Crippen LogP contribution in [0.15, 0.2) is 36.4 Å². The van der Waals surface area contributed by atoms with Crippen LogP contribution in [-0.4, -0.2) is 12.5 Å². The Morgan fingerprint density at radius 3 is 2.75 bits per heavy atom. The molecule has 24 heavy (non-hydrogen) atoms. The van der Waals surface area contributed by atoms with Crippen molar-refractivity contribution in [2.45, 2.75) is 46.0 Å². The Kier molecular flexibility index (Phi) is 4.89. The summed E-state index contributed by atoms with van der Waals surface area (Å²) in [4.78, 5) is 12.5. The van der Waals surface area contributed by atoms with Crippen molar-refractivity contribution in [3.63, 3.8) is 0 Å². The summed E-state index contributed by atoms with van der Waals surface area (Å²) in [5, 5.41) is 3.06. The van der Waals surface area contributed by atoms with Crippen LogP contribution < -0.4 is 10.1 Å². The minimum atomic E-state index is -0.144. The first kappa shape index (κ1) is 16.6. The number of nitrogens with one attached hydrogen (secondary N) is 1. The zero-order chi connectivity index (χ0) is 17.1. The Balaban J connectivity index is 1.86. The van der Waals surface area contributed by atoms with E-state index in [0.717, 1.165) is 47.6 Å². The van der Waals surface area contributed by atoms with Gasteiger partial charge >= 0.3 is 0 Å². The van der Waals surface area contributed by atoms with Crippen LogP contribution in [0.5, 0.6) is 5.75 Å². The molecule has 1 N–H and O–H groups in total. The molecule has 0 spiro atoms. The molecule has 0 radical (unpaired) electrons. The van der Waals surface area contributed by atoms with Crippen LogP contribution in [0.3, 0.4) is 0 Å². The molecule has 1 atom stereocenters. The van der Waals surface area contributed by atoms with E-state index in [1.165, 1.54) is 5.56 Å². The molecule has 3 nitrogen and oxygen atoms in total. The topological polar surface area (TPSA) is 38.3 Å². The summed E-state index contributed by atoms with van der Waals surface area (Å²) in [7, 11) is 0. The number of carbonyl (C=O) groups excluding carboxylic acids is 1. The van der Waals surface area contributed by atoms with E-state index in [-0.39, 0.29) is 11.8 Å². The molecular formula is C21H25NO2. The lowest BCUT2D eigenvalue weighted by atomic mass is 9.91. The smallest absolute Gasteiger partial charge is 0.232 e. The summed E-state index contributed by atoms with van der Waals surface area (Å²) in [6.07, 6.45) is 2.82. The molecule has 126 valence electrons. The van der Waals surface area contributed by atoms with Crippen LogP contribution in [-0.2, 0) is 11.2 Å². The predicted molar refractivity (Wildman–Crippen MR) is 97.8 cm³/mol. The molecule has 0 saturated carbocycles. The summed E-state index contributed by atoms with van der Waals surface area (Å²) in [6, 6.07) is 12.3. The van der Waals surface area contributed by atoms with Crippen molar-refractivity contribution < 1.29 is 9.53 Å². The Morgan fingerprint density at radius 2 is 1.96 bits per heavy atom. The summed E-state index contributed by atoms with van der Waals surface area (Å²) < 4.78 is 5.93. The van der Waals surface area contributed by atoms with Crippen molar-refractivity contribution in [3.05, 3.63) is 58.7 Å². The number of fused-ring (bicyclic) bond motifs is 1. The van der Waals surface area contributed by atoms with E-state index in [9.17, 15) is 4.79 Å². The number of amides is 1. The van der Waals surface area contributed by atoms with Crippen LogP contribution in [0.2, 0.25) is 0 Å². The lowest BCUT2D eigenvalue weighted by Gasteiger charge is -2.14. The fraction of sp³-hybridized carbons (Fsp3) is 0.381. The van der Waals surface area contributed by atoms with Gasteiger partial charge in [-0.25, -0.2) is 0 Å². The number of para-hydroxylation sites is 1. The van der Waals surface area contributed by atoms with Crippen molar-refractivity contribution in [1.29, 1.82) is 0 Å². The first-order valence-electron chi connectivity index (χ1n) is 8.73. The fourth-order valence-electron chi connectivity index (χ4n) is 3.36. The third-order valence-electron chi connectivity index (χ3n) is 4.60. The standard InChI is InChI=1S/C21H25NO2/c1-4-5-10-24-19-9-7-6-8-16(19)13-18-17-12-14(2)11-15(3)20(17)22-21(18)23/h6-9,11-12,18H,4-5,10,13H2,1-3H3,(H,22,23). The summed E-state index contributed by atoms with van der Waals surface area (Å²) in [5.74, 6) is 0.841. The Labute approximate surface area is 144 Å². The van der Waals surface area contributed by atoms with Crippen LogP contribution in [0.1, 0.15) is 47.9 Å². The third kappa shape index (κ3) is 3.30. The molecule has 1 aliphatic heterocycles. The van der Waals surface area contributed by atoms with E-state index in [1.54, 1.807) is 0 Å². The molecule has 0 aliphatic carbocycles. The SMILES string of the molecule is CCCCOc1ccccc1CC1C(=O)Nc2c(C)cc(C)cc21. The van der Waals surface area contributed by atoms with Gasteiger partial charge in [-0.1, -0.05) is 49.2 Å². The lowest BCUT2D eigenvalue weighted by molar-refractivity contribution is -0.117. The van der Waals surface area contributed by atoms with Gasteiger partial charge in [0.2, 0.25) is 5.91 Å². The lowest BCUT2D eigenvalue weighted by Crippen LogP contribution is -2.15. The molecule has 0 bridgehead atoms. The summed E-state index contributed by atoms with van der Waals surface area (Å²) in [6.45, 7) is 7.00. The van der Waals surface area contributed by atoms with Crippen molar-refractivity contribution >= 4 is 11.6 Å². The Hall–Kier alpha value is -2.29. The van der Waals surface area contributed by atoms with Crippen LogP contribution >= 0.6 is 0 Å². The van der Waals surface area contributed by atoms with Gasteiger partial charge in [-0.2, -0.15) is 0 Å². The molecule has 0 fully saturated rings. The molecule has 1 heterocycles. The second kappa shape index (κ2) is 7.08. The second-order valence-electron chi connectivity index (χ2n) is 6.60. The fourth-order valence-corrected chi connectivity index (χ4v) is 3.36. The maximum absolute atomic E-state index is 12.5. The van der Waals surface area contributed by atoms with E-state index in [4.69, 9.17) is 4.74 Å². The summed E-state index contributed by atoms with van der Waals surface area (Å²) in [5.41, 5.74) is 5.52. The zero-order valence-electron chi connectivity index (χ0n) is 14.7. The average Bonchev–Trinajstić information content (AvgIpc) is 2.86. The number of unbranched alkanes of at least 4 members (excludes halogenated alkanes) is 1. The molecule has 1 unspecified atom stereocenters. The highest BCUT2D eigenvalue weighted by molar-refractivity contribution is 6.04. The maximum Gasteiger partial charge on any atom is 0.232 e. The predicted octanol–water partition coefficient (Wildman–Crippen LogP) is 4.76. The molecule has 3 rings (SSSR count). The van der Waals surface area contributed by atoms with Gasteiger partial charge in [0.05, 0.1) is 12.5 Å². The van der Waals surface area contributed by atoms with Gasteiger partial charge in [0.25, 0.3) is 0 Å². The van der Waals surface area contributed by atoms with Gasteiger partial charge < -0.3 is 10.1 Å². The van der Waals surface area contributed by atoms with Gasteiger partial charge in [0.1, 0.15) is 5.75 Å². The monoisotopic (exact) mass is 323 g/mol. The first-order valence-corrected chi connectivity index (χ1v) is 8.73. The molecule has 1 aliphatic rings. The van der Waals surface area contributed by atoms with Gasteiger partial charge in [-0.05, 0) is 49.4 Å². The van der Waals surface area contributed by atoms with Crippen LogP contribution in [0, 0.1) is 13.8 Å². The third-order valence-corrected chi connectivity index (χ3v) is 4.60. The van der Waals surface area contributed by atoms with Gasteiger partial charge in [-0.15, -0.1) is 0 Å².